The highest BCUT2D eigenvalue weighted by Gasteiger charge is 2.30. The lowest BCUT2D eigenvalue weighted by Gasteiger charge is -2.21. The summed E-state index contributed by atoms with van der Waals surface area (Å²) in [6.07, 6.45) is 51.3. The second-order valence-electron chi connectivity index (χ2n) is 29.4. The van der Waals surface area contributed by atoms with E-state index in [0.717, 1.165) is 114 Å². The smallest absolute Gasteiger partial charge is 0.462 e. The number of aliphatic hydroxyl groups excluding tert-OH is 1. The van der Waals surface area contributed by atoms with Gasteiger partial charge in [0.2, 0.25) is 0 Å². The lowest BCUT2D eigenvalue weighted by molar-refractivity contribution is -0.161. The molecule has 0 aliphatic carbocycles. The van der Waals surface area contributed by atoms with Gasteiger partial charge in [-0.1, -0.05) is 338 Å². The summed E-state index contributed by atoms with van der Waals surface area (Å²) in [5, 5.41) is 10.6. The molecular formula is C77H150O17P2. The molecule has 0 fully saturated rings. The molecule has 3 N–H and O–H groups in total. The number of aliphatic hydroxyl groups is 1. The van der Waals surface area contributed by atoms with Crippen LogP contribution in [0.4, 0.5) is 0 Å². The van der Waals surface area contributed by atoms with E-state index in [4.69, 9.17) is 37.0 Å². The molecule has 4 unspecified atom stereocenters. The summed E-state index contributed by atoms with van der Waals surface area (Å²) in [6.45, 7) is 14.2. The van der Waals surface area contributed by atoms with E-state index in [-0.39, 0.29) is 25.7 Å². The molecule has 0 aromatic rings. The molecular weight excluding hydrogens is 1260 g/mol. The van der Waals surface area contributed by atoms with Crippen molar-refractivity contribution in [3.05, 3.63) is 0 Å². The van der Waals surface area contributed by atoms with Gasteiger partial charge in [0.05, 0.1) is 26.4 Å². The Balaban J connectivity index is 5.25. The van der Waals surface area contributed by atoms with Crippen LogP contribution in [0.15, 0.2) is 0 Å². The molecule has 0 heterocycles. The molecule has 0 aromatic heterocycles. The van der Waals surface area contributed by atoms with Crippen molar-refractivity contribution in [3.8, 4) is 0 Å². The number of carbonyl (C=O) groups excluding carboxylic acids is 4. The van der Waals surface area contributed by atoms with Gasteiger partial charge in [0.15, 0.2) is 12.2 Å². The van der Waals surface area contributed by atoms with Crippen molar-refractivity contribution in [1.82, 2.24) is 0 Å². The quantitative estimate of drug-likeness (QED) is 0.0222. The first-order valence-electron chi connectivity index (χ1n) is 39.7. The molecule has 0 aromatic carbocycles. The van der Waals surface area contributed by atoms with Crippen molar-refractivity contribution in [2.75, 3.05) is 39.6 Å². The van der Waals surface area contributed by atoms with E-state index in [9.17, 15) is 43.2 Å². The molecule has 0 aliphatic rings. The molecule has 0 saturated heterocycles. The Morgan fingerprint density at radius 1 is 0.292 bits per heavy atom. The van der Waals surface area contributed by atoms with Gasteiger partial charge in [-0.05, 0) is 49.4 Å². The molecule has 0 radical (unpaired) electrons. The molecule has 6 atom stereocenters. The zero-order valence-corrected chi connectivity index (χ0v) is 64.8. The van der Waals surface area contributed by atoms with E-state index in [2.05, 4.69) is 55.4 Å². The fraction of sp³-hybridized carbons (Fsp3) is 0.948. The van der Waals surface area contributed by atoms with E-state index in [1.807, 2.05) is 0 Å². The number of unbranched alkanes of at least 4 members (excludes halogenated alkanes) is 39. The van der Waals surface area contributed by atoms with Gasteiger partial charge in [0.1, 0.15) is 19.3 Å². The molecule has 0 bridgehead atoms. The number of esters is 4. The van der Waals surface area contributed by atoms with Crippen LogP contribution in [0.25, 0.3) is 0 Å². The third-order valence-electron chi connectivity index (χ3n) is 18.2. The largest absolute Gasteiger partial charge is 0.472 e. The second-order valence-corrected chi connectivity index (χ2v) is 32.3. The molecule has 0 rings (SSSR count). The van der Waals surface area contributed by atoms with E-state index in [1.165, 1.54) is 193 Å². The summed E-state index contributed by atoms with van der Waals surface area (Å²) >= 11 is 0. The third kappa shape index (κ3) is 69.2. The van der Waals surface area contributed by atoms with E-state index >= 15 is 0 Å². The van der Waals surface area contributed by atoms with Crippen LogP contribution in [0.1, 0.15) is 389 Å². The van der Waals surface area contributed by atoms with Gasteiger partial charge in [-0.15, -0.1) is 0 Å². The minimum Gasteiger partial charge on any atom is -0.462 e. The van der Waals surface area contributed by atoms with Gasteiger partial charge in [-0.3, -0.25) is 37.3 Å². The van der Waals surface area contributed by atoms with Gasteiger partial charge in [-0.2, -0.15) is 0 Å². The van der Waals surface area contributed by atoms with Crippen LogP contribution in [0, 0.1) is 23.7 Å². The first-order valence-corrected chi connectivity index (χ1v) is 42.7. The third-order valence-corrected chi connectivity index (χ3v) is 20.1. The predicted octanol–water partition coefficient (Wildman–Crippen LogP) is 22.4. The SMILES string of the molecule is CCC(C)CCCCCCCCCCC(=O)O[C@H](COC(=O)CCCCCCCCCCC(C)C)COP(=O)(O)OCC(O)COP(=O)(O)OC[C@@H](COC(=O)CCCCCCCCCCCCCC(C)C)OC(=O)CCCCCCCCCCCCCCCCCCC(C)C. The number of phosphoric ester groups is 2. The Labute approximate surface area is 588 Å². The predicted molar refractivity (Wildman–Crippen MR) is 391 cm³/mol. The topological polar surface area (TPSA) is 237 Å². The van der Waals surface area contributed by atoms with Crippen LogP contribution in [-0.2, 0) is 65.4 Å². The summed E-state index contributed by atoms with van der Waals surface area (Å²) in [5.41, 5.74) is 0. The molecule has 0 aliphatic heterocycles. The number of phosphoric acid groups is 2. The maximum absolute atomic E-state index is 13.1. The zero-order valence-electron chi connectivity index (χ0n) is 63.0. The summed E-state index contributed by atoms with van der Waals surface area (Å²) in [6, 6.07) is 0. The summed E-state index contributed by atoms with van der Waals surface area (Å²) in [4.78, 5) is 72.9. The van der Waals surface area contributed by atoms with Crippen LogP contribution >= 0.6 is 15.6 Å². The standard InChI is InChI=1S/C77H150O17P2/c1-9-70(8)56-48-40-32-26-28-36-44-52-60-77(82)94-73(64-88-75(80)58-50-42-34-27-25-31-39-47-55-69(6)7)66-92-96(85,86)90-62-71(78)61-89-95(83,84)91-65-72(63-87-74(79)57-49-41-33-23-20-16-18-22-30-38-46-54-68(4)5)93-76(81)59-51-43-35-24-19-15-13-11-10-12-14-17-21-29-37-45-53-67(2)3/h67-73,78H,9-66H2,1-8H3,(H,83,84)(H,85,86)/t70?,71?,72-,73-/m1/s1. The van der Waals surface area contributed by atoms with Crippen LogP contribution in [-0.4, -0.2) is 96.7 Å². The Bertz CT molecular complexity index is 1890. The average Bonchev–Trinajstić information content (AvgIpc) is 1.08. The van der Waals surface area contributed by atoms with Crippen LogP contribution in [0.5, 0.6) is 0 Å². The van der Waals surface area contributed by atoms with E-state index in [0.29, 0.717) is 25.7 Å². The zero-order chi connectivity index (χ0) is 71.0. The van der Waals surface area contributed by atoms with Crippen molar-refractivity contribution < 1.29 is 80.2 Å². The van der Waals surface area contributed by atoms with Crippen LogP contribution < -0.4 is 0 Å². The fourth-order valence-corrected chi connectivity index (χ4v) is 13.3. The number of carbonyl (C=O) groups is 4. The van der Waals surface area contributed by atoms with Crippen molar-refractivity contribution in [2.24, 2.45) is 23.7 Å². The van der Waals surface area contributed by atoms with Crippen LogP contribution in [0.3, 0.4) is 0 Å². The van der Waals surface area contributed by atoms with Crippen molar-refractivity contribution in [2.45, 2.75) is 408 Å². The van der Waals surface area contributed by atoms with Gasteiger partial charge in [0, 0.05) is 25.7 Å². The van der Waals surface area contributed by atoms with Gasteiger partial charge >= 0.3 is 39.5 Å². The van der Waals surface area contributed by atoms with Gasteiger partial charge < -0.3 is 33.8 Å². The maximum atomic E-state index is 13.1. The maximum Gasteiger partial charge on any atom is 0.472 e. The number of hydrogen-bond donors (Lipinski definition) is 3. The minimum atomic E-state index is -4.96. The Morgan fingerprint density at radius 3 is 0.740 bits per heavy atom. The van der Waals surface area contributed by atoms with Crippen molar-refractivity contribution in [1.29, 1.82) is 0 Å². The number of hydrogen-bond acceptors (Lipinski definition) is 15. The lowest BCUT2D eigenvalue weighted by atomic mass is 9.99. The highest BCUT2D eigenvalue weighted by molar-refractivity contribution is 7.47. The molecule has 570 valence electrons. The Hall–Kier alpha value is -1.94. The summed E-state index contributed by atoms with van der Waals surface area (Å²) < 4.78 is 68.6. The van der Waals surface area contributed by atoms with E-state index < -0.39 is 97.5 Å². The Kier molecular flexibility index (Phi) is 65.0. The van der Waals surface area contributed by atoms with Crippen molar-refractivity contribution >= 4 is 39.5 Å². The first-order chi connectivity index (χ1) is 46.1. The first kappa shape index (κ1) is 94.1. The van der Waals surface area contributed by atoms with E-state index in [1.54, 1.807) is 0 Å². The molecule has 17 nitrogen and oxygen atoms in total. The fourth-order valence-electron chi connectivity index (χ4n) is 11.7. The molecule has 96 heavy (non-hydrogen) atoms. The minimum absolute atomic E-state index is 0.104. The van der Waals surface area contributed by atoms with Gasteiger partial charge in [-0.25, -0.2) is 9.13 Å². The second kappa shape index (κ2) is 66.3. The highest BCUT2D eigenvalue weighted by Crippen LogP contribution is 2.45. The molecule has 0 spiro atoms. The summed E-state index contributed by atoms with van der Waals surface area (Å²) in [5.74, 6) is 0.955. The average molecular weight is 1410 g/mol. The number of rotatable bonds is 74. The van der Waals surface area contributed by atoms with Crippen molar-refractivity contribution in [3.63, 3.8) is 0 Å². The monoisotopic (exact) mass is 1410 g/mol. The molecule has 0 amide bonds. The normalized spacial score (nSPS) is 14.4. The molecule has 19 heteroatoms. The van der Waals surface area contributed by atoms with Gasteiger partial charge in [0.25, 0.3) is 0 Å². The number of ether oxygens (including phenoxy) is 4. The Morgan fingerprint density at radius 2 is 0.500 bits per heavy atom. The lowest BCUT2D eigenvalue weighted by Crippen LogP contribution is -2.30. The molecule has 0 saturated carbocycles. The highest BCUT2D eigenvalue weighted by atomic mass is 31.2. The summed E-state index contributed by atoms with van der Waals surface area (Å²) in [7, 11) is -9.92. The van der Waals surface area contributed by atoms with Crippen LogP contribution in [0.2, 0.25) is 0 Å².